The molecule has 0 bridgehead atoms. The van der Waals surface area contributed by atoms with Crippen molar-refractivity contribution in [2.24, 2.45) is 5.92 Å². The number of anilines is 1. The molecule has 1 aliphatic rings. The lowest BCUT2D eigenvalue weighted by atomic mass is 10.0. The summed E-state index contributed by atoms with van der Waals surface area (Å²) in [5, 5.41) is 3.77. The van der Waals surface area contributed by atoms with Crippen molar-refractivity contribution in [2.75, 3.05) is 25.6 Å². The third kappa shape index (κ3) is 6.38. The largest absolute Gasteiger partial charge is 0.493 e. The van der Waals surface area contributed by atoms with Crippen molar-refractivity contribution in [3.63, 3.8) is 0 Å². The highest BCUT2D eigenvalue weighted by atomic mass is 16.7. The number of methoxy groups -OCH3 is 1. The van der Waals surface area contributed by atoms with Gasteiger partial charge in [-0.25, -0.2) is 0 Å². The van der Waals surface area contributed by atoms with Crippen molar-refractivity contribution in [2.45, 2.75) is 46.7 Å². The first kappa shape index (κ1) is 27.5. The maximum Gasteiger partial charge on any atom is 0.329 e. The van der Waals surface area contributed by atoms with Crippen LogP contribution in [0.4, 0.5) is 5.69 Å². The Hall–Kier alpha value is -4.08. The van der Waals surface area contributed by atoms with Crippen LogP contribution in [0.15, 0.2) is 36.4 Å². The minimum atomic E-state index is -0.623. The smallest absolute Gasteiger partial charge is 0.329 e. The molecule has 0 saturated heterocycles. The molecule has 10 heteroatoms. The summed E-state index contributed by atoms with van der Waals surface area (Å²) in [6.07, 6.45) is 0.704. The number of hydroxylamine groups is 2. The fraction of sp³-hybridized carbons (Fsp3) is 0.407. The van der Waals surface area contributed by atoms with Gasteiger partial charge in [0.25, 0.3) is 5.91 Å². The predicted molar refractivity (Wildman–Crippen MR) is 136 cm³/mol. The zero-order valence-corrected chi connectivity index (χ0v) is 21.8. The number of fused-ring (bicyclic) bond motifs is 1. The van der Waals surface area contributed by atoms with E-state index in [9.17, 15) is 19.2 Å². The highest BCUT2D eigenvalue weighted by Crippen LogP contribution is 2.39. The van der Waals surface area contributed by atoms with Crippen LogP contribution in [0.2, 0.25) is 0 Å². The normalized spacial score (nSPS) is 13.1. The van der Waals surface area contributed by atoms with Gasteiger partial charge in [0.2, 0.25) is 12.3 Å². The van der Waals surface area contributed by atoms with Gasteiger partial charge < -0.3 is 24.5 Å². The summed E-state index contributed by atoms with van der Waals surface area (Å²) in [6.45, 7) is 7.41. The molecule has 1 atom stereocenters. The first-order valence-electron chi connectivity index (χ1n) is 12.1. The van der Waals surface area contributed by atoms with Gasteiger partial charge in [-0.15, -0.1) is 0 Å². The van der Waals surface area contributed by atoms with Crippen molar-refractivity contribution in [3.8, 4) is 11.5 Å². The molecule has 1 unspecified atom stereocenters. The van der Waals surface area contributed by atoms with Crippen molar-refractivity contribution in [1.29, 1.82) is 0 Å². The second kappa shape index (κ2) is 12.2. The lowest BCUT2D eigenvalue weighted by Gasteiger charge is -2.30. The van der Waals surface area contributed by atoms with E-state index >= 15 is 0 Å². The van der Waals surface area contributed by atoms with Crippen LogP contribution in [0.5, 0.6) is 11.5 Å². The Morgan fingerprint density at radius 2 is 1.95 bits per heavy atom. The third-order valence-corrected chi connectivity index (χ3v) is 5.98. The summed E-state index contributed by atoms with van der Waals surface area (Å²) < 4.78 is 11.1. The van der Waals surface area contributed by atoms with E-state index in [0.717, 1.165) is 16.2 Å². The van der Waals surface area contributed by atoms with E-state index in [0.29, 0.717) is 42.3 Å². The van der Waals surface area contributed by atoms with Gasteiger partial charge in [0.1, 0.15) is 0 Å². The summed E-state index contributed by atoms with van der Waals surface area (Å²) >= 11 is 0. The number of amides is 3. The average Bonchev–Trinajstić information content (AvgIpc) is 3.20. The molecule has 198 valence electrons. The molecule has 0 fully saturated rings. The first-order valence-corrected chi connectivity index (χ1v) is 12.1. The van der Waals surface area contributed by atoms with Crippen LogP contribution in [0.25, 0.3) is 0 Å². The average molecular weight is 512 g/mol. The molecule has 37 heavy (non-hydrogen) atoms. The van der Waals surface area contributed by atoms with E-state index in [2.05, 4.69) is 5.32 Å². The molecule has 3 rings (SSSR count). The second-order valence-electron chi connectivity index (χ2n) is 8.89. The fourth-order valence-electron chi connectivity index (χ4n) is 4.22. The summed E-state index contributed by atoms with van der Waals surface area (Å²) in [4.78, 5) is 55.6. The maximum absolute atomic E-state index is 13.8. The van der Waals surface area contributed by atoms with Gasteiger partial charge in [0, 0.05) is 19.4 Å². The highest BCUT2D eigenvalue weighted by Gasteiger charge is 2.36. The summed E-state index contributed by atoms with van der Waals surface area (Å²) in [7, 11) is 1.55. The van der Waals surface area contributed by atoms with E-state index in [-0.39, 0.29) is 30.7 Å². The maximum atomic E-state index is 13.8. The van der Waals surface area contributed by atoms with Gasteiger partial charge in [-0.05, 0) is 42.7 Å². The second-order valence-corrected chi connectivity index (χ2v) is 8.89. The number of carbonyl (C=O) groups is 4. The SMILES string of the molecule is CCOc1cc(C(CCN(C=O)OC(C)=O)N2Cc3cccc(NC(=O)C(C)C)c3C2=O)ccc1OC. The van der Waals surface area contributed by atoms with Crippen molar-refractivity contribution >= 4 is 29.9 Å². The number of hydrogen-bond donors (Lipinski definition) is 1. The van der Waals surface area contributed by atoms with Gasteiger partial charge in [0.15, 0.2) is 11.5 Å². The molecule has 1 N–H and O–H groups in total. The summed E-state index contributed by atoms with van der Waals surface area (Å²) in [5.74, 6) is -0.235. The number of rotatable bonds is 12. The Bertz CT molecular complexity index is 1160. The molecule has 10 nitrogen and oxygen atoms in total. The fourth-order valence-corrected chi connectivity index (χ4v) is 4.22. The molecule has 0 radical (unpaired) electrons. The van der Waals surface area contributed by atoms with Crippen molar-refractivity contribution in [3.05, 3.63) is 53.1 Å². The van der Waals surface area contributed by atoms with Gasteiger partial charge in [-0.2, -0.15) is 5.06 Å². The standard InChI is InChI=1S/C27H33N3O7/c1-6-36-24-14-19(10-11-23(24)35-5)22(12-13-29(16-31)37-18(4)32)30-15-20-8-7-9-21(25(20)27(30)34)28-26(33)17(2)3/h7-11,14,16-17,22H,6,12-13,15H2,1-5H3,(H,28,33). The molecule has 1 heterocycles. The quantitative estimate of drug-likeness (QED) is 0.341. The molecule has 0 spiro atoms. The molecule has 0 aliphatic carbocycles. The lowest BCUT2D eigenvalue weighted by Crippen LogP contribution is -2.34. The van der Waals surface area contributed by atoms with Crippen LogP contribution in [-0.4, -0.2) is 54.4 Å². The van der Waals surface area contributed by atoms with E-state index in [1.165, 1.54) is 6.92 Å². The zero-order chi connectivity index (χ0) is 27.1. The Labute approximate surface area is 216 Å². The van der Waals surface area contributed by atoms with Gasteiger partial charge in [-0.3, -0.25) is 19.2 Å². The first-order chi connectivity index (χ1) is 17.7. The van der Waals surface area contributed by atoms with Crippen LogP contribution >= 0.6 is 0 Å². The Kier molecular flexibility index (Phi) is 9.10. The van der Waals surface area contributed by atoms with Crippen LogP contribution in [-0.2, 0) is 25.8 Å². The van der Waals surface area contributed by atoms with E-state index in [1.807, 2.05) is 25.1 Å². The van der Waals surface area contributed by atoms with Crippen molar-refractivity contribution < 1.29 is 33.5 Å². The van der Waals surface area contributed by atoms with Gasteiger partial charge in [-0.1, -0.05) is 32.0 Å². The lowest BCUT2D eigenvalue weighted by molar-refractivity contribution is -0.189. The summed E-state index contributed by atoms with van der Waals surface area (Å²) in [5.41, 5.74) is 2.43. The number of nitrogens with one attached hydrogen (secondary N) is 1. The number of benzene rings is 2. The van der Waals surface area contributed by atoms with E-state index < -0.39 is 12.0 Å². The van der Waals surface area contributed by atoms with Crippen LogP contribution in [0, 0.1) is 5.92 Å². The van der Waals surface area contributed by atoms with Crippen molar-refractivity contribution in [1.82, 2.24) is 9.96 Å². The number of nitrogens with zero attached hydrogens (tertiary/aromatic N) is 2. The third-order valence-electron chi connectivity index (χ3n) is 5.98. The van der Waals surface area contributed by atoms with Crippen LogP contribution < -0.4 is 14.8 Å². The number of ether oxygens (including phenoxy) is 2. The highest BCUT2D eigenvalue weighted by molar-refractivity contribution is 6.07. The molecular weight excluding hydrogens is 478 g/mol. The molecule has 0 saturated carbocycles. The van der Waals surface area contributed by atoms with Crippen LogP contribution in [0.3, 0.4) is 0 Å². The molecule has 3 amide bonds. The molecule has 1 aliphatic heterocycles. The Balaban J connectivity index is 1.99. The molecule has 2 aromatic rings. The van der Waals surface area contributed by atoms with Crippen LogP contribution in [0.1, 0.15) is 61.6 Å². The molecule has 0 aromatic heterocycles. The topological polar surface area (TPSA) is 114 Å². The summed E-state index contributed by atoms with van der Waals surface area (Å²) in [6, 6.07) is 10.3. The van der Waals surface area contributed by atoms with E-state index in [4.69, 9.17) is 14.3 Å². The monoisotopic (exact) mass is 511 g/mol. The predicted octanol–water partition coefficient (Wildman–Crippen LogP) is 3.71. The zero-order valence-electron chi connectivity index (χ0n) is 21.8. The van der Waals surface area contributed by atoms with E-state index in [1.54, 1.807) is 44.1 Å². The van der Waals surface area contributed by atoms with Gasteiger partial charge in [0.05, 0.1) is 37.6 Å². The Morgan fingerprint density at radius 3 is 2.57 bits per heavy atom. The minimum Gasteiger partial charge on any atom is -0.493 e. The number of hydrogen-bond acceptors (Lipinski definition) is 7. The molecular formula is C27H33N3O7. The Morgan fingerprint density at radius 1 is 1.19 bits per heavy atom. The number of carbonyl (C=O) groups excluding carboxylic acids is 4. The molecule has 2 aromatic carbocycles. The van der Waals surface area contributed by atoms with Gasteiger partial charge >= 0.3 is 5.97 Å². The minimum absolute atomic E-state index is 0.0564.